The van der Waals surface area contributed by atoms with Gasteiger partial charge in [0.25, 0.3) is 0 Å². The lowest BCUT2D eigenvalue weighted by Crippen LogP contribution is -2.79. The number of allylic oxidation sites excluding steroid dienone is 1. The Kier molecular flexibility index (Phi) is 10.5. The number of H-pyrrole nitrogens is 1. The molecular formula is C50H62N4O9S. The Hall–Kier alpha value is -4.31. The molecule has 13 nitrogen and oxygen atoms in total. The number of likely N-dealkylation sites (tertiary alicyclic amines) is 1. The highest BCUT2D eigenvalue weighted by molar-refractivity contribution is 7.08. The van der Waals surface area contributed by atoms with E-state index >= 15 is 4.79 Å². The topological polar surface area (TPSA) is 154 Å². The minimum Gasteiger partial charge on any atom is -0.468 e. The molecule has 64 heavy (non-hydrogen) atoms. The minimum absolute atomic E-state index is 0.0863. The van der Waals surface area contributed by atoms with Gasteiger partial charge < -0.3 is 39.0 Å². The zero-order valence-corrected chi connectivity index (χ0v) is 38.8. The van der Waals surface area contributed by atoms with Crippen molar-refractivity contribution in [1.82, 2.24) is 19.7 Å². The number of nitrogens with zero attached hydrogens (tertiary/aromatic N) is 3. The molecule has 3 N–H and O–H groups in total. The van der Waals surface area contributed by atoms with Crippen molar-refractivity contribution in [3.05, 3.63) is 81.9 Å². The van der Waals surface area contributed by atoms with E-state index in [1.54, 1.807) is 18.4 Å². The predicted molar refractivity (Wildman–Crippen MR) is 242 cm³/mol. The van der Waals surface area contributed by atoms with Crippen LogP contribution in [0.1, 0.15) is 64.1 Å². The Morgan fingerprint density at radius 3 is 2.45 bits per heavy atom. The fourth-order valence-electron chi connectivity index (χ4n) is 14.6. The Balaban J connectivity index is 1.25. The van der Waals surface area contributed by atoms with Gasteiger partial charge in [0.1, 0.15) is 5.41 Å². The Morgan fingerprint density at radius 1 is 0.969 bits per heavy atom. The number of hydrogen-bond acceptors (Lipinski definition) is 13. The summed E-state index contributed by atoms with van der Waals surface area (Å²) in [6.45, 7) is 8.68. The third-order valence-corrected chi connectivity index (χ3v) is 17.6. The van der Waals surface area contributed by atoms with Crippen LogP contribution in [-0.4, -0.2) is 144 Å². The van der Waals surface area contributed by atoms with Gasteiger partial charge in [-0.3, -0.25) is 19.4 Å². The number of aliphatic hydroxyl groups is 2. The van der Waals surface area contributed by atoms with Crippen molar-refractivity contribution in [2.45, 2.75) is 100 Å². The average Bonchev–Trinajstić information content (AvgIpc) is 4.10. The molecule has 5 aliphatic heterocycles. The molecule has 0 amide bonds. The van der Waals surface area contributed by atoms with Crippen LogP contribution >= 0.6 is 11.3 Å². The van der Waals surface area contributed by atoms with E-state index in [1.165, 1.54) is 21.1 Å². The van der Waals surface area contributed by atoms with Crippen LogP contribution in [0.3, 0.4) is 0 Å². The van der Waals surface area contributed by atoms with Crippen molar-refractivity contribution in [1.29, 1.82) is 0 Å². The number of carbonyl (C=O) groups excluding carboxylic acids is 3. The highest BCUT2D eigenvalue weighted by atomic mass is 32.1. The second-order valence-electron chi connectivity index (χ2n) is 19.8. The molecule has 1 saturated carbocycles. The number of methoxy groups -OCH3 is 3. The molecule has 342 valence electrons. The molecule has 4 fully saturated rings. The van der Waals surface area contributed by atoms with E-state index in [9.17, 15) is 19.8 Å². The van der Waals surface area contributed by atoms with E-state index in [-0.39, 0.29) is 17.9 Å². The van der Waals surface area contributed by atoms with E-state index in [0.717, 1.165) is 44.6 Å². The number of fused-ring (bicyclic) bond motifs is 6. The van der Waals surface area contributed by atoms with Gasteiger partial charge in [-0.2, -0.15) is 11.3 Å². The lowest BCUT2D eigenvalue weighted by atomic mass is 9.47. The van der Waals surface area contributed by atoms with Crippen molar-refractivity contribution in [2.24, 2.45) is 22.7 Å². The Morgan fingerprint density at radius 2 is 1.77 bits per heavy atom. The third-order valence-electron chi connectivity index (χ3n) is 17.0. The molecule has 14 heteroatoms. The van der Waals surface area contributed by atoms with Gasteiger partial charge in [-0.05, 0) is 108 Å². The normalized spacial score (nSPS) is 38.7. The molecule has 3 aromatic rings. The van der Waals surface area contributed by atoms with E-state index in [2.05, 4.69) is 74.1 Å². The summed E-state index contributed by atoms with van der Waals surface area (Å²) in [5.41, 5.74) is 0.272. The molecule has 1 spiro atoms. The Bertz CT molecular complexity index is 2480. The first-order valence-electron chi connectivity index (χ1n) is 23.0. The second kappa shape index (κ2) is 15.4. The summed E-state index contributed by atoms with van der Waals surface area (Å²) < 4.78 is 24.3. The van der Waals surface area contributed by atoms with Gasteiger partial charge in [-0.15, -0.1) is 0 Å². The third kappa shape index (κ3) is 5.81. The van der Waals surface area contributed by atoms with Crippen molar-refractivity contribution in [2.75, 3.05) is 61.1 Å². The van der Waals surface area contributed by atoms with Crippen molar-refractivity contribution in [3.63, 3.8) is 0 Å². The van der Waals surface area contributed by atoms with Crippen LogP contribution in [0.25, 0.3) is 22.0 Å². The number of benzene rings is 1. The van der Waals surface area contributed by atoms with Crippen molar-refractivity contribution < 1.29 is 43.5 Å². The number of piperidine rings is 1. The monoisotopic (exact) mass is 894 g/mol. The first kappa shape index (κ1) is 43.6. The Labute approximate surface area is 379 Å². The van der Waals surface area contributed by atoms with Gasteiger partial charge in [0.05, 0.1) is 32.0 Å². The number of carbonyl (C=O) groups is 3. The summed E-state index contributed by atoms with van der Waals surface area (Å²) >= 11 is 1.65. The number of ether oxygens (including phenoxy) is 4. The maximum absolute atomic E-state index is 15.6. The van der Waals surface area contributed by atoms with Crippen LogP contribution in [0.15, 0.2) is 70.6 Å². The molecule has 0 radical (unpaired) electrons. The standard InChI is InChI=1S/C50H62N4O9S/c1-8-46(58)24-30-25-49(44(56)61-6,40-33(13-18-53(26-30)28-46)34-21-31(11-12-37(34)51-40)32-14-20-64-27-32)36-22-35-38(23-39(36)60-5)52(4)42-48(35)16-19-54-17-10-15-47(9-2,41(48)54)43(63-29(3)55)50(42,59)45(57)62-7/h10-12,14-15,20-23,27,30,36,39,41-43,51,58-59H,8-9,13,16-19,24-26,28H2,1-7H3/t30-,36?,39?,41+,42-,43-,46+,47-,48-,49+,50+/m1/s1. The number of thiophene rings is 1. The zero-order chi connectivity index (χ0) is 45.1. The molecule has 7 heterocycles. The number of aromatic amines is 1. The number of rotatable bonds is 8. The number of nitrogens with one attached hydrogen (secondary N) is 1. The lowest BCUT2D eigenvalue weighted by molar-refractivity contribution is -0.243. The zero-order valence-electron chi connectivity index (χ0n) is 38.0. The fraction of sp³-hybridized carbons (Fsp3) is 0.580. The van der Waals surface area contributed by atoms with Gasteiger partial charge in [0, 0.05) is 92.3 Å². The molecule has 2 aliphatic carbocycles. The molecule has 7 aliphatic rings. The maximum Gasteiger partial charge on any atom is 0.344 e. The minimum atomic E-state index is -2.30. The number of likely N-dealkylation sites (N-methyl/N-ethyl adjacent to an activating group) is 1. The highest BCUT2D eigenvalue weighted by Crippen LogP contribution is 2.70. The number of hydrogen-bond donors (Lipinski definition) is 3. The molecule has 1 aromatic carbocycles. The summed E-state index contributed by atoms with van der Waals surface area (Å²) in [4.78, 5) is 53.8. The summed E-state index contributed by atoms with van der Waals surface area (Å²) in [6, 6.07) is 7.40. The fourth-order valence-corrected chi connectivity index (χ4v) is 15.3. The van der Waals surface area contributed by atoms with Crippen molar-refractivity contribution in [3.8, 4) is 11.1 Å². The first-order valence-corrected chi connectivity index (χ1v) is 23.9. The summed E-state index contributed by atoms with van der Waals surface area (Å²) in [7, 11) is 6.29. The van der Waals surface area contributed by atoms with Gasteiger partial charge in [-0.25, -0.2) is 4.79 Å². The van der Waals surface area contributed by atoms with E-state index < -0.39 is 63.6 Å². The SMILES string of the molecule is CC[C@]1(O)C[C@H]2CN(CCc3c([nH]c4ccc(-c5ccsc5)cc34)[C@@](C(=O)OC)(C3C=C4C(=CC3OC)N(C)[C@H]3[C@@](O)(C(=O)OC)[C@H](OC(C)=O)[C@]5(CC)C=CCN6CC[C@]43[C@@H]65)C2)C1. The highest BCUT2D eigenvalue weighted by Gasteiger charge is 2.81. The molecule has 2 bridgehead atoms. The maximum atomic E-state index is 15.6. The van der Waals surface area contributed by atoms with E-state index in [0.29, 0.717) is 71.2 Å². The van der Waals surface area contributed by atoms with Gasteiger partial charge >= 0.3 is 17.9 Å². The van der Waals surface area contributed by atoms with Crippen LogP contribution in [0.4, 0.5) is 0 Å². The smallest absolute Gasteiger partial charge is 0.344 e. The van der Waals surface area contributed by atoms with E-state index in [4.69, 9.17) is 18.9 Å². The van der Waals surface area contributed by atoms with Crippen LogP contribution in [-0.2, 0) is 45.2 Å². The molecule has 3 saturated heterocycles. The molecule has 10 rings (SSSR count). The second-order valence-corrected chi connectivity index (χ2v) is 20.6. The predicted octanol–water partition coefficient (Wildman–Crippen LogP) is 5.36. The summed E-state index contributed by atoms with van der Waals surface area (Å²) in [6.07, 6.45) is 9.69. The quantitative estimate of drug-likeness (QED) is 0.152. The number of aromatic nitrogens is 1. The molecular weight excluding hydrogens is 833 g/mol. The largest absolute Gasteiger partial charge is 0.468 e. The van der Waals surface area contributed by atoms with Crippen molar-refractivity contribution >= 4 is 40.1 Å². The van der Waals surface area contributed by atoms with Gasteiger partial charge in [-0.1, -0.05) is 38.1 Å². The molecule has 12 atom stereocenters. The average molecular weight is 895 g/mol. The van der Waals surface area contributed by atoms with Gasteiger partial charge in [0.15, 0.2) is 6.10 Å². The van der Waals surface area contributed by atoms with Crippen LogP contribution in [0, 0.1) is 22.7 Å². The number of esters is 3. The van der Waals surface area contributed by atoms with Crippen LogP contribution < -0.4 is 0 Å². The lowest BCUT2D eigenvalue weighted by Gasteiger charge is -2.63. The summed E-state index contributed by atoms with van der Waals surface area (Å²) in [5.74, 6) is -2.58. The molecule has 2 aromatic heterocycles. The summed E-state index contributed by atoms with van der Waals surface area (Å²) in [5, 5.41) is 30.8. The van der Waals surface area contributed by atoms with Crippen LogP contribution in [0.2, 0.25) is 0 Å². The van der Waals surface area contributed by atoms with Crippen LogP contribution in [0.5, 0.6) is 0 Å². The van der Waals surface area contributed by atoms with E-state index in [1.807, 2.05) is 25.8 Å². The first-order chi connectivity index (χ1) is 30.7. The molecule has 3 unspecified atom stereocenters. The van der Waals surface area contributed by atoms with Gasteiger partial charge in [0.2, 0.25) is 5.60 Å².